The summed E-state index contributed by atoms with van der Waals surface area (Å²) in [6.07, 6.45) is 1.99. The Kier molecular flexibility index (Phi) is 5.75. The Bertz CT molecular complexity index is 897. The van der Waals surface area contributed by atoms with Gasteiger partial charge in [-0.05, 0) is 36.6 Å². The Balaban J connectivity index is 1.58. The summed E-state index contributed by atoms with van der Waals surface area (Å²) in [5.74, 6) is 1.11. The smallest absolute Gasteiger partial charge is 0.322 e. The molecule has 7 nitrogen and oxygen atoms in total. The highest BCUT2D eigenvalue weighted by Crippen LogP contribution is 2.24. The van der Waals surface area contributed by atoms with Gasteiger partial charge >= 0.3 is 6.01 Å². The van der Waals surface area contributed by atoms with Gasteiger partial charge in [-0.15, -0.1) is 16.9 Å². The average Bonchev–Trinajstić information content (AvgIpc) is 3.15. The Morgan fingerprint density at radius 1 is 1.15 bits per heavy atom. The molecule has 0 aliphatic heterocycles. The number of aromatic nitrogens is 2. The van der Waals surface area contributed by atoms with Gasteiger partial charge in [0.1, 0.15) is 11.5 Å². The lowest BCUT2D eigenvalue weighted by molar-refractivity contribution is -0.118. The lowest BCUT2D eigenvalue weighted by Gasteiger charge is -2.06. The summed E-state index contributed by atoms with van der Waals surface area (Å²) in [5, 5.41) is 10.3. The van der Waals surface area contributed by atoms with Crippen LogP contribution in [0.3, 0.4) is 0 Å². The van der Waals surface area contributed by atoms with Gasteiger partial charge in [0.2, 0.25) is 5.89 Å². The van der Waals surface area contributed by atoms with Crippen molar-refractivity contribution in [3.8, 4) is 23.0 Å². The van der Waals surface area contributed by atoms with Gasteiger partial charge in [-0.3, -0.25) is 10.1 Å². The minimum atomic E-state index is -0.402. The average molecular weight is 371 g/mol. The van der Waals surface area contributed by atoms with E-state index in [2.05, 4.69) is 15.5 Å². The standard InChI is InChI=1S/C18H17N3O4S/c1-23-13-6-4-7-14(10-13)24-11-16(22)19-18-21-20-17(25-18)12-5-3-8-15(9-12)26-2/h3-10H,11H2,1-2H3,(H,19,21,22). The molecule has 1 heterocycles. The van der Waals surface area contributed by atoms with E-state index in [0.29, 0.717) is 17.4 Å². The summed E-state index contributed by atoms with van der Waals surface area (Å²) in [7, 11) is 1.56. The molecular formula is C18H17N3O4S. The van der Waals surface area contributed by atoms with Crippen molar-refractivity contribution >= 4 is 23.7 Å². The number of nitrogens with zero attached hydrogens (tertiary/aromatic N) is 2. The minimum absolute atomic E-state index is 0.0220. The molecule has 2 aromatic carbocycles. The number of hydrogen-bond donors (Lipinski definition) is 1. The van der Waals surface area contributed by atoms with E-state index in [1.165, 1.54) is 0 Å². The van der Waals surface area contributed by atoms with Gasteiger partial charge in [-0.25, -0.2) is 0 Å². The van der Waals surface area contributed by atoms with E-state index in [1.54, 1.807) is 43.1 Å². The molecule has 134 valence electrons. The van der Waals surface area contributed by atoms with Crippen LogP contribution >= 0.6 is 11.8 Å². The number of methoxy groups -OCH3 is 1. The SMILES string of the molecule is COc1cccc(OCC(=O)Nc2nnc(-c3cccc(SC)c3)o2)c1. The van der Waals surface area contributed by atoms with Crippen molar-refractivity contribution in [1.82, 2.24) is 10.2 Å². The molecule has 0 radical (unpaired) electrons. The van der Waals surface area contributed by atoms with Crippen LogP contribution in [0, 0.1) is 0 Å². The third-order valence-electron chi connectivity index (χ3n) is 3.40. The molecule has 3 rings (SSSR count). The summed E-state index contributed by atoms with van der Waals surface area (Å²) in [6, 6.07) is 14.7. The molecule has 0 fully saturated rings. The largest absolute Gasteiger partial charge is 0.497 e. The van der Waals surface area contributed by atoms with Crippen LogP contribution < -0.4 is 14.8 Å². The first-order valence-electron chi connectivity index (χ1n) is 7.72. The minimum Gasteiger partial charge on any atom is -0.497 e. The molecule has 0 aliphatic rings. The van der Waals surface area contributed by atoms with E-state index in [-0.39, 0.29) is 12.6 Å². The zero-order valence-corrected chi connectivity index (χ0v) is 15.1. The highest BCUT2D eigenvalue weighted by atomic mass is 32.2. The Hall–Kier alpha value is -3.00. The van der Waals surface area contributed by atoms with Crippen LogP contribution in [0.15, 0.2) is 57.8 Å². The molecular weight excluding hydrogens is 354 g/mol. The predicted octanol–water partition coefficient (Wildman–Crippen LogP) is 3.48. The summed E-state index contributed by atoms with van der Waals surface area (Å²) in [6.45, 7) is -0.188. The van der Waals surface area contributed by atoms with Crippen molar-refractivity contribution in [1.29, 1.82) is 0 Å². The van der Waals surface area contributed by atoms with Gasteiger partial charge in [-0.1, -0.05) is 17.2 Å². The van der Waals surface area contributed by atoms with Crippen molar-refractivity contribution in [2.24, 2.45) is 0 Å². The second-order valence-electron chi connectivity index (χ2n) is 5.16. The van der Waals surface area contributed by atoms with Crippen LogP contribution in [0.5, 0.6) is 11.5 Å². The number of ether oxygens (including phenoxy) is 2. The van der Waals surface area contributed by atoms with E-state index < -0.39 is 5.91 Å². The third-order valence-corrected chi connectivity index (χ3v) is 4.12. The molecule has 8 heteroatoms. The molecule has 0 atom stereocenters. The number of nitrogens with one attached hydrogen (secondary N) is 1. The van der Waals surface area contributed by atoms with E-state index in [9.17, 15) is 4.79 Å². The number of carbonyl (C=O) groups excluding carboxylic acids is 1. The maximum atomic E-state index is 12.0. The summed E-state index contributed by atoms with van der Waals surface area (Å²) < 4.78 is 16.0. The Labute approximate surface area is 154 Å². The van der Waals surface area contributed by atoms with Gasteiger partial charge in [0.05, 0.1) is 7.11 Å². The topological polar surface area (TPSA) is 86.5 Å². The molecule has 0 unspecified atom stereocenters. The van der Waals surface area contributed by atoms with E-state index in [4.69, 9.17) is 13.9 Å². The van der Waals surface area contributed by atoms with E-state index in [1.807, 2.05) is 30.5 Å². The first-order valence-corrected chi connectivity index (χ1v) is 8.95. The molecule has 1 amide bonds. The molecule has 0 saturated heterocycles. The highest BCUT2D eigenvalue weighted by molar-refractivity contribution is 7.98. The van der Waals surface area contributed by atoms with Crippen LogP contribution in [0.2, 0.25) is 0 Å². The number of benzene rings is 2. The molecule has 0 bridgehead atoms. The monoisotopic (exact) mass is 371 g/mol. The Morgan fingerprint density at radius 2 is 1.96 bits per heavy atom. The van der Waals surface area contributed by atoms with Crippen LogP contribution in [0.4, 0.5) is 6.01 Å². The zero-order valence-electron chi connectivity index (χ0n) is 14.3. The van der Waals surface area contributed by atoms with Crippen molar-refractivity contribution in [2.75, 3.05) is 25.3 Å². The fraction of sp³-hybridized carbons (Fsp3) is 0.167. The second kappa shape index (κ2) is 8.39. The van der Waals surface area contributed by atoms with Crippen molar-refractivity contribution in [2.45, 2.75) is 4.90 Å². The van der Waals surface area contributed by atoms with E-state index >= 15 is 0 Å². The number of thioether (sulfide) groups is 1. The number of rotatable bonds is 7. The third kappa shape index (κ3) is 4.54. The molecule has 0 saturated carbocycles. The normalized spacial score (nSPS) is 10.4. The fourth-order valence-electron chi connectivity index (χ4n) is 2.14. The molecule has 0 spiro atoms. The highest BCUT2D eigenvalue weighted by Gasteiger charge is 2.12. The van der Waals surface area contributed by atoms with Gasteiger partial charge in [0.25, 0.3) is 5.91 Å². The number of carbonyl (C=O) groups is 1. The number of anilines is 1. The molecule has 1 N–H and O–H groups in total. The van der Waals surface area contributed by atoms with Crippen LogP contribution in [-0.2, 0) is 4.79 Å². The second-order valence-corrected chi connectivity index (χ2v) is 6.04. The van der Waals surface area contributed by atoms with Gasteiger partial charge in [0.15, 0.2) is 6.61 Å². The quantitative estimate of drug-likeness (QED) is 0.636. The first-order chi connectivity index (χ1) is 12.7. The van der Waals surface area contributed by atoms with Crippen LogP contribution in [-0.4, -0.2) is 36.1 Å². The zero-order chi connectivity index (χ0) is 18.4. The molecule has 1 aromatic heterocycles. The summed E-state index contributed by atoms with van der Waals surface area (Å²) in [4.78, 5) is 13.1. The van der Waals surface area contributed by atoms with Gasteiger partial charge in [0, 0.05) is 16.5 Å². The molecule has 26 heavy (non-hydrogen) atoms. The number of amides is 1. The summed E-state index contributed by atoms with van der Waals surface area (Å²) >= 11 is 1.62. The predicted molar refractivity (Wildman–Crippen MR) is 98.6 cm³/mol. The van der Waals surface area contributed by atoms with Crippen LogP contribution in [0.25, 0.3) is 11.5 Å². The molecule has 3 aromatic rings. The lowest BCUT2D eigenvalue weighted by atomic mass is 10.2. The Morgan fingerprint density at radius 3 is 2.77 bits per heavy atom. The van der Waals surface area contributed by atoms with Crippen molar-refractivity contribution in [3.63, 3.8) is 0 Å². The lowest BCUT2D eigenvalue weighted by Crippen LogP contribution is -2.20. The van der Waals surface area contributed by atoms with Gasteiger partial charge < -0.3 is 13.9 Å². The summed E-state index contributed by atoms with van der Waals surface area (Å²) in [5.41, 5.74) is 0.789. The fourth-order valence-corrected chi connectivity index (χ4v) is 2.60. The molecule has 0 aliphatic carbocycles. The maximum absolute atomic E-state index is 12.0. The first kappa shape index (κ1) is 17.8. The number of hydrogen-bond acceptors (Lipinski definition) is 7. The van der Waals surface area contributed by atoms with E-state index in [0.717, 1.165) is 10.5 Å². The van der Waals surface area contributed by atoms with Crippen molar-refractivity contribution < 1.29 is 18.7 Å². The van der Waals surface area contributed by atoms with Crippen LogP contribution in [0.1, 0.15) is 0 Å². The maximum Gasteiger partial charge on any atom is 0.322 e. The van der Waals surface area contributed by atoms with Gasteiger partial charge in [-0.2, -0.15) is 0 Å². The van der Waals surface area contributed by atoms with Crippen molar-refractivity contribution in [3.05, 3.63) is 48.5 Å².